The first-order chi connectivity index (χ1) is 8.99. The maximum Gasteiger partial charge on any atom is 0.290 e. The zero-order chi connectivity index (χ0) is 14.0. The van der Waals surface area contributed by atoms with Gasteiger partial charge in [0.1, 0.15) is 6.20 Å². The number of hydrogen-bond donors (Lipinski definition) is 0. The van der Waals surface area contributed by atoms with E-state index < -0.39 is 16.6 Å². The summed E-state index contributed by atoms with van der Waals surface area (Å²) in [5, 5.41) is 10.6. The van der Waals surface area contributed by atoms with Crippen molar-refractivity contribution in [2.45, 2.75) is 6.92 Å². The Bertz CT molecular complexity index is 647. The van der Waals surface area contributed by atoms with Gasteiger partial charge in [-0.15, -0.1) is 0 Å². The fourth-order valence-corrected chi connectivity index (χ4v) is 1.45. The summed E-state index contributed by atoms with van der Waals surface area (Å²) in [6.07, 6.45) is 1.00. The summed E-state index contributed by atoms with van der Waals surface area (Å²) in [5.74, 6) is -2.57. The van der Waals surface area contributed by atoms with Crippen molar-refractivity contribution in [3.63, 3.8) is 0 Å². The molecule has 1 aromatic heterocycles. The van der Waals surface area contributed by atoms with Crippen molar-refractivity contribution in [2.75, 3.05) is 0 Å². The van der Waals surface area contributed by atoms with Gasteiger partial charge in [-0.1, -0.05) is 6.07 Å². The lowest BCUT2D eigenvalue weighted by Crippen LogP contribution is -1.97. The van der Waals surface area contributed by atoms with Crippen molar-refractivity contribution in [1.29, 1.82) is 0 Å². The van der Waals surface area contributed by atoms with Crippen molar-refractivity contribution in [3.05, 3.63) is 57.8 Å². The number of aromatic nitrogens is 1. The van der Waals surface area contributed by atoms with Gasteiger partial charge in [-0.05, 0) is 19.1 Å². The molecule has 0 saturated heterocycles. The number of hydrogen-bond acceptors (Lipinski definition) is 4. The normalized spacial score (nSPS) is 10.3. The lowest BCUT2D eigenvalue weighted by molar-refractivity contribution is -0.385. The molecule has 0 bridgehead atoms. The molecule has 0 radical (unpaired) electrons. The van der Waals surface area contributed by atoms with Crippen molar-refractivity contribution in [3.8, 4) is 11.6 Å². The van der Waals surface area contributed by atoms with Gasteiger partial charge in [0.2, 0.25) is 11.7 Å². The number of nitrogens with zero attached hydrogens (tertiary/aromatic N) is 2. The molecular weight excluding hydrogens is 258 g/mol. The van der Waals surface area contributed by atoms with E-state index in [2.05, 4.69) is 4.98 Å². The predicted octanol–water partition coefficient (Wildman–Crippen LogP) is 3.37. The Morgan fingerprint density at radius 3 is 2.74 bits per heavy atom. The number of ether oxygens (including phenoxy) is 1. The summed E-state index contributed by atoms with van der Waals surface area (Å²) < 4.78 is 31.4. The molecule has 2 aromatic rings. The van der Waals surface area contributed by atoms with Crippen LogP contribution in [0.15, 0.2) is 30.5 Å². The second kappa shape index (κ2) is 4.97. The molecule has 0 unspecified atom stereocenters. The fraction of sp³-hybridized carbons (Fsp3) is 0.0833. The molecule has 0 atom stereocenters. The van der Waals surface area contributed by atoms with Crippen LogP contribution >= 0.6 is 0 Å². The van der Waals surface area contributed by atoms with Crippen LogP contribution < -0.4 is 4.74 Å². The van der Waals surface area contributed by atoms with Gasteiger partial charge in [0.25, 0.3) is 5.69 Å². The average Bonchev–Trinajstić information content (AvgIpc) is 2.34. The van der Waals surface area contributed by atoms with Crippen LogP contribution in [0.4, 0.5) is 14.5 Å². The average molecular weight is 266 g/mol. The number of aryl methyl sites for hydroxylation is 1. The highest BCUT2D eigenvalue weighted by molar-refractivity contribution is 5.40. The van der Waals surface area contributed by atoms with E-state index in [0.717, 1.165) is 12.3 Å². The number of rotatable bonds is 3. The molecule has 2 rings (SSSR count). The SMILES string of the molecule is Cc1cc(Oc2cccc(F)c2F)ncc1[N+](=O)[O-]. The second-order valence-electron chi connectivity index (χ2n) is 3.72. The molecule has 5 nitrogen and oxygen atoms in total. The van der Waals surface area contributed by atoms with E-state index in [0.29, 0.717) is 5.56 Å². The van der Waals surface area contributed by atoms with Gasteiger partial charge in [0, 0.05) is 11.6 Å². The van der Waals surface area contributed by atoms with E-state index in [1.54, 1.807) is 0 Å². The zero-order valence-electron chi connectivity index (χ0n) is 9.76. The van der Waals surface area contributed by atoms with E-state index in [1.165, 1.54) is 25.1 Å². The van der Waals surface area contributed by atoms with Gasteiger partial charge in [-0.2, -0.15) is 4.39 Å². The fourth-order valence-electron chi connectivity index (χ4n) is 1.45. The smallest absolute Gasteiger partial charge is 0.290 e. The van der Waals surface area contributed by atoms with Crippen LogP contribution in [-0.2, 0) is 0 Å². The highest BCUT2D eigenvalue weighted by atomic mass is 19.2. The van der Waals surface area contributed by atoms with Crippen molar-refractivity contribution in [2.24, 2.45) is 0 Å². The molecule has 1 aromatic carbocycles. The third-order valence-electron chi connectivity index (χ3n) is 2.39. The number of halogens is 2. The van der Waals surface area contributed by atoms with Crippen LogP contribution in [0.5, 0.6) is 11.6 Å². The molecule has 0 saturated carbocycles. The summed E-state index contributed by atoms with van der Waals surface area (Å²) in [6.45, 7) is 1.49. The summed E-state index contributed by atoms with van der Waals surface area (Å²) in [4.78, 5) is 13.7. The molecule has 0 aliphatic carbocycles. The van der Waals surface area contributed by atoms with E-state index in [-0.39, 0.29) is 17.3 Å². The second-order valence-corrected chi connectivity index (χ2v) is 3.72. The van der Waals surface area contributed by atoms with E-state index in [1.807, 2.05) is 0 Å². The monoisotopic (exact) mass is 266 g/mol. The van der Waals surface area contributed by atoms with Gasteiger partial charge in [-0.3, -0.25) is 10.1 Å². The van der Waals surface area contributed by atoms with E-state index >= 15 is 0 Å². The number of pyridine rings is 1. The van der Waals surface area contributed by atoms with Gasteiger partial charge >= 0.3 is 0 Å². The quantitative estimate of drug-likeness (QED) is 0.631. The lowest BCUT2D eigenvalue weighted by atomic mass is 10.2. The summed E-state index contributed by atoms with van der Waals surface area (Å²) in [6, 6.07) is 4.75. The van der Waals surface area contributed by atoms with Crippen LogP contribution in [0, 0.1) is 28.7 Å². The van der Waals surface area contributed by atoms with Gasteiger partial charge in [0.15, 0.2) is 11.6 Å². The lowest BCUT2D eigenvalue weighted by Gasteiger charge is -2.06. The number of nitro groups is 1. The summed E-state index contributed by atoms with van der Waals surface area (Å²) in [7, 11) is 0. The Morgan fingerprint density at radius 1 is 1.37 bits per heavy atom. The van der Waals surface area contributed by atoms with Crippen molar-refractivity contribution >= 4 is 5.69 Å². The Balaban J connectivity index is 2.32. The Hall–Kier alpha value is -2.57. The Morgan fingerprint density at radius 2 is 2.11 bits per heavy atom. The molecule has 19 heavy (non-hydrogen) atoms. The number of benzene rings is 1. The Kier molecular flexibility index (Phi) is 3.37. The van der Waals surface area contributed by atoms with Crippen LogP contribution in [-0.4, -0.2) is 9.91 Å². The first-order valence-electron chi connectivity index (χ1n) is 5.22. The minimum absolute atomic E-state index is 0.0485. The van der Waals surface area contributed by atoms with Crippen LogP contribution in [0.3, 0.4) is 0 Å². The van der Waals surface area contributed by atoms with E-state index in [4.69, 9.17) is 4.74 Å². The minimum atomic E-state index is -1.14. The van der Waals surface area contributed by atoms with E-state index in [9.17, 15) is 18.9 Å². The molecule has 0 N–H and O–H groups in total. The maximum atomic E-state index is 13.4. The van der Waals surface area contributed by atoms with Crippen LogP contribution in [0.25, 0.3) is 0 Å². The Labute approximate surface area is 106 Å². The molecule has 1 heterocycles. The first-order valence-corrected chi connectivity index (χ1v) is 5.22. The molecule has 0 spiro atoms. The zero-order valence-corrected chi connectivity index (χ0v) is 9.76. The highest BCUT2D eigenvalue weighted by Gasteiger charge is 2.14. The standard InChI is InChI=1S/C12H8F2N2O3/c1-7-5-11(15-6-9(7)16(17)18)19-10-4-2-3-8(13)12(10)14/h2-6H,1H3. The van der Waals surface area contributed by atoms with Crippen molar-refractivity contribution in [1.82, 2.24) is 4.98 Å². The minimum Gasteiger partial charge on any atom is -0.436 e. The molecular formula is C12H8F2N2O3. The topological polar surface area (TPSA) is 65.3 Å². The molecule has 0 aliphatic heterocycles. The van der Waals surface area contributed by atoms with Crippen molar-refractivity contribution < 1.29 is 18.4 Å². The highest BCUT2D eigenvalue weighted by Crippen LogP contribution is 2.27. The van der Waals surface area contributed by atoms with Gasteiger partial charge < -0.3 is 4.74 Å². The molecule has 0 fully saturated rings. The summed E-state index contributed by atoms with van der Waals surface area (Å²) >= 11 is 0. The predicted molar refractivity (Wildman–Crippen MR) is 62.1 cm³/mol. The first kappa shape index (κ1) is 12.9. The molecule has 0 amide bonds. The maximum absolute atomic E-state index is 13.4. The third-order valence-corrected chi connectivity index (χ3v) is 2.39. The molecule has 98 valence electrons. The van der Waals surface area contributed by atoms with Gasteiger partial charge in [0.05, 0.1) is 4.92 Å². The van der Waals surface area contributed by atoms with Gasteiger partial charge in [-0.25, -0.2) is 9.37 Å². The molecule has 7 heteroatoms. The third kappa shape index (κ3) is 2.65. The van der Waals surface area contributed by atoms with Crippen LogP contribution in [0.2, 0.25) is 0 Å². The van der Waals surface area contributed by atoms with Crippen LogP contribution in [0.1, 0.15) is 5.56 Å². The molecule has 0 aliphatic rings. The summed E-state index contributed by atoms with van der Waals surface area (Å²) in [5.41, 5.74) is 0.138. The largest absolute Gasteiger partial charge is 0.436 e.